The van der Waals surface area contributed by atoms with Crippen LogP contribution in [-0.4, -0.2) is 29.7 Å². The SMILES string of the molecule is CCCc1nc(N)cc(NCCCOCC2CC2)n1. The summed E-state index contributed by atoms with van der Waals surface area (Å²) in [6.07, 6.45) is 5.57. The predicted octanol–water partition coefficient (Wildman–Crippen LogP) is 2.24. The fraction of sp³-hybridized carbons (Fsp3) is 0.714. The third-order valence-corrected chi connectivity index (χ3v) is 3.09. The molecule has 19 heavy (non-hydrogen) atoms. The normalized spacial score (nSPS) is 14.6. The van der Waals surface area contributed by atoms with Gasteiger partial charge in [-0.1, -0.05) is 6.92 Å². The van der Waals surface area contributed by atoms with Crippen LogP contribution >= 0.6 is 0 Å². The molecule has 0 unspecified atom stereocenters. The third kappa shape index (κ3) is 5.42. The van der Waals surface area contributed by atoms with Gasteiger partial charge in [0.15, 0.2) is 0 Å². The Kier molecular flexibility index (Phi) is 5.39. The molecule has 0 spiro atoms. The maximum Gasteiger partial charge on any atom is 0.133 e. The van der Waals surface area contributed by atoms with Gasteiger partial charge in [-0.2, -0.15) is 0 Å². The van der Waals surface area contributed by atoms with Gasteiger partial charge in [-0.05, 0) is 31.6 Å². The van der Waals surface area contributed by atoms with Gasteiger partial charge in [-0.15, -0.1) is 0 Å². The number of nitrogen functional groups attached to an aromatic ring is 1. The van der Waals surface area contributed by atoms with Crippen LogP contribution in [0.1, 0.15) is 38.4 Å². The van der Waals surface area contributed by atoms with Gasteiger partial charge in [-0.25, -0.2) is 9.97 Å². The van der Waals surface area contributed by atoms with Gasteiger partial charge in [-0.3, -0.25) is 0 Å². The van der Waals surface area contributed by atoms with Gasteiger partial charge < -0.3 is 15.8 Å². The summed E-state index contributed by atoms with van der Waals surface area (Å²) in [4.78, 5) is 8.65. The molecular weight excluding hydrogens is 240 g/mol. The summed E-state index contributed by atoms with van der Waals surface area (Å²) in [5.41, 5.74) is 5.77. The maximum absolute atomic E-state index is 5.77. The highest BCUT2D eigenvalue weighted by molar-refractivity contribution is 5.44. The lowest BCUT2D eigenvalue weighted by Crippen LogP contribution is -2.10. The molecule has 0 radical (unpaired) electrons. The van der Waals surface area contributed by atoms with Gasteiger partial charge in [0.1, 0.15) is 17.5 Å². The average molecular weight is 264 g/mol. The van der Waals surface area contributed by atoms with Crippen molar-refractivity contribution in [3.63, 3.8) is 0 Å². The van der Waals surface area contributed by atoms with Crippen molar-refractivity contribution in [3.8, 4) is 0 Å². The van der Waals surface area contributed by atoms with E-state index in [1.54, 1.807) is 6.07 Å². The number of anilines is 2. The summed E-state index contributed by atoms with van der Waals surface area (Å²) in [5, 5.41) is 3.28. The molecule has 2 rings (SSSR count). The number of aryl methyl sites for hydroxylation is 1. The van der Waals surface area contributed by atoms with Crippen LogP contribution in [0.25, 0.3) is 0 Å². The largest absolute Gasteiger partial charge is 0.384 e. The first-order valence-corrected chi connectivity index (χ1v) is 7.23. The smallest absolute Gasteiger partial charge is 0.133 e. The topological polar surface area (TPSA) is 73.1 Å². The fourth-order valence-electron chi connectivity index (χ4n) is 1.87. The summed E-state index contributed by atoms with van der Waals surface area (Å²) >= 11 is 0. The zero-order valence-electron chi connectivity index (χ0n) is 11.7. The van der Waals surface area contributed by atoms with E-state index in [9.17, 15) is 0 Å². The quantitative estimate of drug-likeness (QED) is 0.669. The zero-order valence-corrected chi connectivity index (χ0v) is 11.7. The lowest BCUT2D eigenvalue weighted by molar-refractivity contribution is 0.124. The molecule has 0 bridgehead atoms. The molecule has 106 valence electrons. The van der Waals surface area contributed by atoms with Crippen LogP contribution < -0.4 is 11.1 Å². The summed E-state index contributed by atoms with van der Waals surface area (Å²) in [6.45, 7) is 4.70. The lowest BCUT2D eigenvalue weighted by Gasteiger charge is -2.08. The van der Waals surface area contributed by atoms with E-state index in [0.717, 1.165) is 56.6 Å². The predicted molar refractivity (Wildman–Crippen MR) is 77.1 cm³/mol. The summed E-state index contributed by atoms with van der Waals surface area (Å²) < 4.78 is 5.58. The van der Waals surface area contributed by atoms with Crippen molar-refractivity contribution < 1.29 is 4.74 Å². The summed E-state index contributed by atoms with van der Waals surface area (Å²) in [5.74, 6) is 3.00. The van der Waals surface area contributed by atoms with Gasteiger partial charge in [0.2, 0.25) is 0 Å². The van der Waals surface area contributed by atoms with Crippen LogP contribution in [0, 0.1) is 5.92 Å². The highest BCUT2D eigenvalue weighted by Gasteiger charge is 2.20. The van der Waals surface area contributed by atoms with E-state index in [4.69, 9.17) is 10.5 Å². The van der Waals surface area contributed by atoms with Gasteiger partial charge >= 0.3 is 0 Å². The highest BCUT2D eigenvalue weighted by Crippen LogP contribution is 2.28. The molecule has 1 aromatic heterocycles. The van der Waals surface area contributed by atoms with Crippen molar-refractivity contribution in [2.24, 2.45) is 5.92 Å². The molecular formula is C14H24N4O. The highest BCUT2D eigenvalue weighted by atomic mass is 16.5. The Morgan fingerprint density at radius 1 is 1.42 bits per heavy atom. The standard InChI is InChI=1S/C14H24N4O/c1-2-4-13-17-12(15)9-14(18-13)16-7-3-8-19-10-11-5-6-11/h9,11H,2-8,10H2,1H3,(H3,15,16,17,18). The molecule has 0 aromatic carbocycles. The van der Waals surface area contributed by atoms with Crippen molar-refractivity contribution in [2.45, 2.75) is 39.0 Å². The van der Waals surface area contributed by atoms with Crippen molar-refractivity contribution in [1.82, 2.24) is 9.97 Å². The number of rotatable bonds is 9. The van der Waals surface area contributed by atoms with Gasteiger partial charge in [0.25, 0.3) is 0 Å². The summed E-state index contributed by atoms with van der Waals surface area (Å²) in [7, 11) is 0. The van der Waals surface area contributed by atoms with E-state index in [2.05, 4.69) is 22.2 Å². The number of nitrogens with zero attached hydrogens (tertiary/aromatic N) is 2. The number of nitrogens with one attached hydrogen (secondary N) is 1. The van der Waals surface area contributed by atoms with E-state index in [0.29, 0.717) is 5.82 Å². The number of ether oxygens (including phenoxy) is 1. The van der Waals surface area contributed by atoms with Crippen molar-refractivity contribution in [1.29, 1.82) is 0 Å². The van der Waals surface area contributed by atoms with Crippen molar-refractivity contribution in [2.75, 3.05) is 30.8 Å². The summed E-state index contributed by atoms with van der Waals surface area (Å²) in [6, 6.07) is 1.78. The van der Waals surface area contributed by atoms with E-state index in [-0.39, 0.29) is 0 Å². The van der Waals surface area contributed by atoms with Crippen LogP contribution in [0.5, 0.6) is 0 Å². The second-order valence-corrected chi connectivity index (χ2v) is 5.14. The third-order valence-electron chi connectivity index (χ3n) is 3.09. The molecule has 0 aliphatic heterocycles. The van der Waals surface area contributed by atoms with Crippen molar-refractivity contribution in [3.05, 3.63) is 11.9 Å². The van der Waals surface area contributed by atoms with Crippen LogP contribution in [0.3, 0.4) is 0 Å². The second kappa shape index (κ2) is 7.28. The molecule has 0 atom stereocenters. The molecule has 1 fully saturated rings. The van der Waals surface area contributed by atoms with E-state index in [1.807, 2.05) is 0 Å². The molecule has 3 N–H and O–H groups in total. The zero-order chi connectivity index (χ0) is 13.5. The van der Waals surface area contributed by atoms with Crippen LogP contribution in [0.4, 0.5) is 11.6 Å². The molecule has 1 aromatic rings. The Morgan fingerprint density at radius 2 is 2.26 bits per heavy atom. The molecule has 1 saturated carbocycles. The average Bonchev–Trinajstić information content (AvgIpc) is 3.17. The second-order valence-electron chi connectivity index (χ2n) is 5.14. The molecule has 5 nitrogen and oxygen atoms in total. The fourth-order valence-corrected chi connectivity index (χ4v) is 1.87. The molecule has 0 saturated heterocycles. The Bertz CT molecular complexity index is 393. The first-order valence-electron chi connectivity index (χ1n) is 7.23. The molecule has 1 heterocycles. The van der Waals surface area contributed by atoms with Crippen LogP contribution in [-0.2, 0) is 11.2 Å². The van der Waals surface area contributed by atoms with Crippen LogP contribution in [0.15, 0.2) is 6.07 Å². The molecule has 1 aliphatic carbocycles. The number of aromatic nitrogens is 2. The van der Waals surface area contributed by atoms with Crippen molar-refractivity contribution >= 4 is 11.6 Å². The first kappa shape index (κ1) is 14.1. The molecule has 1 aliphatic rings. The minimum atomic E-state index is 0.533. The monoisotopic (exact) mass is 264 g/mol. The Morgan fingerprint density at radius 3 is 3.00 bits per heavy atom. The number of hydrogen-bond acceptors (Lipinski definition) is 5. The molecule has 0 amide bonds. The number of nitrogens with two attached hydrogens (primary N) is 1. The maximum atomic E-state index is 5.77. The number of hydrogen-bond donors (Lipinski definition) is 2. The van der Waals surface area contributed by atoms with E-state index < -0.39 is 0 Å². The lowest BCUT2D eigenvalue weighted by atomic mass is 10.3. The first-order chi connectivity index (χ1) is 9.28. The Hall–Kier alpha value is -1.36. The van der Waals surface area contributed by atoms with E-state index >= 15 is 0 Å². The Labute approximate surface area is 115 Å². The van der Waals surface area contributed by atoms with Gasteiger partial charge in [0, 0.05) is 32.2 Å². The molecule has 5 heteroatoms. The minimum Gasteiger partial charge on any atom is -0.384 e. The minimum absolute atomic E-state index is 0.533. The Balaban J connectivity index is 1.65. The van der Waals surface area contributed by atoms with Crippen LogP contribution in [0.2, 0.25) is 0 Å². The van der Waals surface area contributed by atoms with E-state index in [1.165, 1.54) is 12.8 Å². The van der Waals surface area contributed by atoms with Gasteiger partial charge in [0.05, 0.1) is 0 Å².